The van der Waals surface area contributed by atoms with Crippen molar-refractivity contribution in [2.75, 3.05) is 13.7 Å². The van der Waals surface area contributed by atoms with Crippen molar-refractivity contribution in [2.45, 2.75) is 38.8 Å². The Morgan fingerprint density at radius 3 is 2.54 bits per heavy atom. The molecule has 78 valence electrons. The molecule has 0 amide bonds. The Morgan fingerprint density at radius 1 is 1.46 bits per heavy atom. The standard InChI is InChI=1S/C9H19NO3/c1-7(4-5-13-3)10-8(2)6-9(11)12/h7-8,10H,4-6H2,1-3H3,(H,11,12). The Labute approximate surface area is 79.3 Å². The number of carbonyl (C=O) groups is 1. The zero-order valence-corrected chi connectivity index (χ0v) is 8.54. The maximum atomic E-state index is 10.3. The van der Waals surface area contributed by atoms with Gasteiger partial charge in [-0.25, -0.2) is 0 Å². The van der Waals surface area contributed by atoms with E-state index in [2.05, 4.69) is 5.32 Å². The van der Waals surface area contributed by atoms with Crippen LogP contribution in [0, 0.1) is 0 Å². The second kappa shape index (κ2) is 6.86. The van der Waals surface area contributed by atoms with Gasteiger partial charge in [0.2, 0.25) is 0 Å². The van der Waals surface area contributed by atoms with Crippen molar-refractivity contribution >= 4 is 5.97 Å². The molecular weight excluding hydrogens is 170 g/mol. The van der Waals surface area contributed by atoms with Crippen LogP contribution in [0.3, 0.4) is 0 Å². The van der Waals surface area contributed by atoms with E-state index in [9.17, 15) is 4.79 Å². The molecule has 0 fully saturated rings. The molecule has 0 aromatic heterocycles. The van der Waals surface area contributed by atoms with Crippen LogP contribution in [0.2, 0.25) is 0 Å². The minimum absolute atomic E-state index is 0.0179. The molecule has 0 bridgehead atoms. The van der Waals surface area contributed by atoms with E-state index in [0.717, 1.165) is 6.42 Å². The van der Waals surface area contributed by atoms with Gasteiger partial charge in [0.05, 0.1) is 6.42 Å². The van der Waals surface area contributed by atoms with E-state index in [0.29, 0.717) is 12.6 Å². The SMILES string of the molecule is COCCC(C)NC(C)CC(=O)O. The molecule has 0 radical (unpaired) electrons. The molecule has 0 aliphatic heterocycles. The first-order chi connectivity index (χ1) is 6.06. The average Bonchev–Trinajstić information content (AvgIpc) is 1.98. The molecule has 2 atom stereocenters. The van der Waals surface area contributed by atoms with Gasteiger partial charge in [-0.15, -0.1) is 0 Å². The average molecular weight is 189 g/mol. The summed E-state index contributed by atoms with van der Waals surface area (Å²) in [5, 5.41) is 11.7. The smallest absolute Gasteiger partial charge is 0.304 e. The molecule has 13 heavy (non-hydrogen) atoms. The summed E-state index contributed by atoms with van der Waals surface area (Å²) in [5.74, 6) is -0.765. The summed E-state index contributed by atoms with van der Waals surface area (Å²) in [6.45, 7) is 4.60. The fourth-order valence-corrected chi connectivity index (χ4v) is 1.18. The molecular formula is C9H19NO3. The lowest BCUT2D eigenvalue weighted by Crippen LogP contribution is -2.36. The van der Waals surface area contributed by atoms with Gasteiger partial charge in [-0.3, -0.25) is 4.79 Å². The van der Waals surface area contributed by atoms with Gasteiger partial charge >= 0.3 is 5.97 Å². The highest BCUT2D eigenvalue weighted by Gasteiger charge is 2.10. The number of rotatable bonds is 7. The predicted molar refractivity (Wildman–Crippen MR) is 50.8 cm³/mol. The molecule has 0 saturated heterocycles. The quantitative estimate of drug-likeness (QED) is 0.623. The van der Waals surface area contributed by atoms with Crippen LogP contribution in [0.5, 0.6) is 0 Å². The number of carboxylic acid groups (broad SMARTS) is 1. The number of carboxylic acids is 1. The van der Waals surface area contributed by atoms with Gasteiger partial charge in [-0.1, -0.05) is 0 Å². The number of ether oxygens (including phenoxy) is 1. The molecule has 2 N–H and O–H groups in total. The van der Waals surface area contributed by atoms with Gasteiger partial charge in [0.25, 0.3) is 0 Å². The van der Waals surface area contributed by atoms with E-state index < -0.39 is 5.97 Å². The molecule has 4 nitrogen and oxygen atoms in total. The van der Waals surface area contributed by atoms with E-state index >= 15 is 0 Å². The molecule has 4 heteroatoms. The third-order valence-electron chi connectivity index (χ3n) is 1.80. The highest BCUT2D eigenvalue weighted by Crippen LogP contribution is 1.96. The van der Waals surface area contributed by atoms with Crippen molar-refractivity contribution < 1.29 is 14.6 Å². The van der Waals surface area contributed by atoms with Gasteiger partial charge in [-0.05, 0) is 20.3 Å². The molecule has 0 saturated carbocycles. The molecule has 0 heterocycles. The molecule has 2 unspecified atom stereocenters. The maximum absolute atomic E-state index is 10.3. The normalized spacial score (nSPS) is 15.3. The Morgan fingerprint density at radius 2 is 2.08 bits per heavy atom. The van der Waals surface area contributed by atoms with Crippen LogP contribution in [0.4, 0.5) is 0 Å². The molecule has 0 aromatic carbocycles. The van der Waals surface area contributed by atoms with Gasteiger partial charge in [0.15, 0.2) is 0 Å². The van der Waals surface area contributed by atoms with E-state index in [1.165, 1.54) is 0 Å². The number of hydrogen-bond acceptors (Lipinski definition) is 3. The van der Waals surface area contributed by atoms with Gasteiger partial charge in [0.1, 0.15) is 0 Å². The van der Waals surface area contributed by atoms with Crippen molar-refractivity contribution in [3.05, 3.63) is 0 Å². The molecule has 0 spiro atoms. The van der Waals surface area contributed by atoms with Crippen molar-refractivity contribution in [1.29, 1.82) is 0 Å². The van der Waals surface area contributed by atoms with Crippen LogP contribution >= 0.6 is 0 Å². The summed E-state index contributed by atoms with van der Waals surface area (Å²) >= 11 is 0. The zero-order chi connectivity index (χ0) is 10.3. The maximum Gasteiger partial charge on any atom is 0.304 e. The monoisotopic (exact) mass is 189 g/mol. The number of aliphatic carboxylic acids is 1. The van der Waals surface area contributed by atoms with Gasteiger partial charge in [-0.2, -0.15) is 0 Å². The van der Waals surface area contributed by atoms with Crippen LogP contribution in [-0.4, -0.2) is 36.9 Å². The topological polar surface area (TPSA) is 58.6 Å². The predicted octanol–water partition coefficient (Wildman–Crippen LogP) is 0.864. The summed E-state index contributed by atoms with van der Waals surface area (Å²) in [6.07, 6.45) is 1.07. The van der Waals surface area contributed by atoms with Crippen molar-refractivity contribution in [1.82, 2.24) is 5.32 Å². The van der Waals surface area contributed by atoms with Crippen LogP contribution < -0.4 is 5.32 Å². The third kappa shape index (κ3) is 7.74. The summed E-state index contributed by atoms with van der Waals surface area (Å²) < 4.78 is 4.92. The van der Waals surface area contributed by atoms with Crippen molar-refractivity contribution in [3.63, 3.8) is 0 Å². The first-order valence-electron chi connectivity index (χ1n) is 4.53. The van der Waals surface area contributed by atoms with Crippen molar-refractivity contribution in [2.24, 2.45) is 0 Å². The lowest BCUT2D eigenvalue weighted by Gasteiger charge is -2.18. The lowest BCUT2D eigenvalue weighted by molar-refractivity contribution is -0.137. The highest BCUT2D eigenvalue weighted by molar-refractivity contribution is 5.67. The Hall–Kier alpha value is -0.610. The molecule has 0 rings (SSSR count). The fraction of sp³-hybridized carbons (Fsp3) is 0.889. The van der Waals surface area contributed by atoms with E-state index in [1.54, 1.807) is 7.11 Å². The fourth-order valence-electron chi connectivity index (χ4n) is 1.18. The van der Waals surface area contributed by atoms with Crippen LogP contribution in [0.1, 0.15) is 26.7 Å². The number of hydrogen-bond donors (Lipinski definition) is 2. The summed E-state index contributed by atoms with van der Waals surface area (Å²) in [4.78, 5) is 10.3. The van der Waals surface area contributed by atoms with E-state index in [1.807, 2.05) is 13.8 Å². The van der Waals surface area contributed by atoms with E-state index in [-0.39, 0.29) is 12.5 Å². The Bertz CT molecular complexity index is 150. The largest absolute Gasteiger partial charge is 0.481 e. The Kier molecular flexibility index (Phi) is 6.54. The van der Waals surface area contributed by atoms with Crippen molar-refractivity contribution in [3.8, 4) is 0 Å². The van der Waals surface area contributed by atoms with E-state index in [4.69, 9.17) is 9.84 Å². The molecule has 0 aromatic rings. The first kappa shape index (κ1) is 12.4. The summed E-state index contributed by atoms with van der Waals surface area (Å²) in [7, 11) is 1.66. The van der Waals surface area contributed by atoms with Gasteiger partial charge in [0, 0.05) is 25.8 Å². The summed E-state index contributed by atoms with van der Waals surface area (Å²) in [5.41, 5.74) is 0. The minimum atomic E-state index is -0.765. The second-order valence-corrected chi connectivity index (χ2v) is 3.35. The molecule has 0 aliphatic carbocycles. The summed E-state index contributed by atoms with van der Waals surface area (Å²) in [6, 6.07) is 0.318. The van der Waals surface area contributed by atoms with Crippen LogP contribution in [-0.2, 0) is 9.53 Å². The Balaban J connectivity index is 3.52. The van der Waals surface area contributed by atoms with Crippen LogP contribution in [0.25, 0.3) is 0 Å². The molecule has 0 aliphatic rings. The lowest BCUT2D eigenvalue weighted by atomic mass is 10.2. The zero-order valence-electron chi connectivity index (χ0n) is 8.54. The first-order valence-corrected chi connectivity index (χ1v) is 4.53. The third-order valence-corrected chi connectivity index (χ3v) is 1.80. The second-order valence-electron chi connectivity index (χ2n) is 3.35. The van der Waals surface area contributed by atoms with Crippen LogP contribution in [0.15, 0.2) is 0 Å². The highest BCUT2D eigenvalue weighted by atomic mass is 16.5. The van der Waals surface area contributed by atoms with Gasteiger partial charge < -0.3 is 15.2 Å². The number of methoxy groups -OCH3 is 1. The minimum Gasteiger partial charge on any atom is -0.481 e. The number of nitrogens with one attached hydrogen (secondary N) is 1.